The first-order chi connectivity index (χ1) is 11.7. The van der Waals surface area contributed by atoms with Crippen molar-refractivity contribution >= 4 is 11.8 Å². The van der Waals surface area contributed by atoms with Gasteiger partial charge in [-0.2, -0.15) is 0 Å². The highest BCUT2D eigenvalue weighted by atomic mass is 16.5. The molecule has 0 saturated carbocycles. The summed E-state index contributed by atoms with van der Waals surface area (Å²) in [4.78, 5) is 33.2. The van der Waals surface area contributed by atoms with Crippen LogP contribution in [0, 0.1) is 5.41 Å². The van der Waals surface area contributed by atoms with Crippen LogP contribution in [-0.2, 0) is 9.53 Å². The van der Waals surface area contributed by atoms with Crippen molar-refractivity contribution in [2.75, 3.05) is 39.9 Å². The van der Waals surface area contributed by atoms with Crippen LogP contribution in [0.1, 0.15) is 36.0 Å². The summed E-state index contributed by atoms with van der Waals surface area (Å²) in [6.07, 6.45) is 6.68. The molecule has 0 aliphatic carbocycles. The predicted molar refractivity (Wildman–Crippen MR) is 89.5 cm³/mol. The van der Waals surface area contributed by atoms with Gasteiger partial charge in [-0.3, -0.25) is 14.6 Å². The molecule has 2 aliphatic heterocycles. The highest BCUT2D eigenvalue weighted by Crippen LogP contribution is 2.41. The second kappa shape index (κ2) is 7.30. The minimum absolute atomic E-state index is 0.0381. The number of pyridine rings is 1. The Morgan fingerprint density at radius 3 is 2.71 bits per heavy atom. The number of hydrogen-bond acceptors (Lipinski definition) is 4. The molecule has 1 atom stereocenters. The molecule has 2 fully saturated rings. The van der Waals surface area contributed by atoms with Crippen LogP contribution in [0.3, 0.4) is 0 Å². The van der Waals surface area contributed by atoms with Crippen LogP contribution < -0.4 is 0 Å². The van der Waals surface area contributed by atoms with Gasteiger partial charge in [0.15, 0.2) is 0 Å². The van der Waals surface area contributed by atoms with Crippen molar-refractivity contribution in [2.24, 2.45) is 5.41 Å². The molecule has 0 N–H and O–H groups in total. The van der Waals surface area contributed by atoms with Gasteiger partial charge in [0.05, 0.1) is 12.0 Å². The molecule has 2 amide bonds. The number of likely N-dealkylation sites (tertiary alicyclic amines) is 2. The van der Waals surface area contributed by atoms with Crippen LogP contribution in [-0.4, -0.2) is 66.5 Å². The molecule has 2 aliphatic rings. The third-order valence-electron chi connectivity index (χ3n) is 5.32. The quantitative estimate of drug-likeness (QED) is 0.840. The lowest BCUT2D eigenvalue weighted by Gasteiger charge is -2.26. The Morgan fingerprint density at radius 2 is 1.96 bits per heavy atom. The molecule has 6 nitrogen and oxygen atoms in total. The Kier molecular flexibility index (Phi) is 5.14. The lowest BCUT2D eigenvalue weighted by atomic mass is 9.79. The number of ether oxygens (including phenoxy) is 1. The summed E-state index contributed by atoms with van der Waals surface area (Å²) in [5.74, 6) is 0.286. The number of amides is 2. The second-order valence-corrected chi connectivity index (χ2v) is 6.70. The average Bonchev–Trinajstić information content (AvgIpc) is 2.79. The Labute approximate surface area is 142 Å². The van der Waals surface area contributed by atoms with E-state index in [0.717, 1.165) is 32.2 Å². The summed E-state index contributed by atoms with van der Waals surface area (Å²) in [7, 11) is 1.66. The maximum Gasteiger partial charge on any atom is 0.253 e. The van der Waals surface area contributed by atoms with Crippen molar-refractivity contribution < 1.29 is 14.3 Å². The molecule has 6 heteroatoms. The fraction of sp³-hybridized carbons (Fsp3) is 0.611. The van der Waals surface area contributed by atoms with Crippen LogP contribution in [0.4, 0.5) is 0 Å². The van der Waals surface area contributed by atoms with Crippen molar-refractivity contribution in [2.45, 2.75) is 25.7 Å². The fourth-order valence-corrected chi connectivity index (χ4v) is 3.85. The molecule has 1 spiro atoms. The topological polar surface area (TPSA) is 62.7 Å². The van der Waals surface area contributed by atoms with E-state index in [1.165, 1.54) is 0 Å². The number of carbonyl (C=O) groups excluding carboxylic acids is 2. The third-order valence-corrected chi connectivity index (χ3v) is 5.32. The van der Waals surface area contributed by atoms with Gasteiger partial charge in [0.2, 0.25) is 5.91 Å². The Balaban J connectivity index is 1.65. The van der Waals surface area contributed by atoms with E-state index in [0.29, 0.717) is 31.8 Å². The zero-order valence-electron chi connectivity index (χ0n) is 14.2. The van der Waals surface area contributed by atoms with Crippen LogP contribution in [0.25, 0.3) is 0 Å². The van der Waals surface area contributed by atoms with Gasteiger partial charge in [0.25, 0.3) is 5.91 Å². The van der Waals surface area contributed by atoms with Gasteiger partial charge < -0.3 is 14.5 Å². The molecule has 2 saturated heterocycles. The first-order valence-electron chi connectivity index (χ1n) is 8.64. The summed E-state index contributed by atoms with van der Waals surface area (Å²) < 4.78 is 5.10. The summed E-state index contributed by atoms with van der Waals surface area (Å²) in [5.41, 5.74) is 0.390. The molecule has 1 aromatic heterocycles. The lowest BCUT2D eigenvalue weighted by Crippen LogP contribution is -2.37. The highest BCUT2D eigenvalue weighted by Gasteiger charge is 2.46. The summed E-state index contributed by atoms with van der Waals surface area (Å²) in [6.45, 7) is 3.41. The molecular weight excluding hydrogens is 306 g/mol. The SMILES string of the molecule is COCCN1CC[C@@]2(CCCN(C(=O)c3ccncc3)CC2)C1=O. The molecule has 3 heterocycles. The van der Waals surface area contributed by atoms with Crippen molar-refractivity contribution in [3.63, 3.8) is 0 Å². The van der Waals surface area contributed by atoms with Gasteiger partial charge in [-0.1, -0.05) is 0 Å². The minimum atomic E-state index is -0.277. The minimum Gasteiger partial charge on any atom is -0.383 e. The fourth-order valence-electron chi connectivity index (χ4n) is 3.85. The van der Waals surface area contributed by atoms with E-state index in [-0.39, 0.29) is 17.2 Å². The van der Waals surface area contributed by atoms with E-state index in [1.54, 1.807) is 31.6 Å². The molecule has 0 unspecified atom stereocenters. The molecule has 1 aromatic rings. The van der Waals surface area contributed by atoms with Crippen LogP contribution in [0.2, 0.25) is 0 Å². The number of rotatable bonds is 4. The number of aromatic nitrogens is 1. The maximum atomic E-state index is 12.8. The monoisotopic (exact) mass is 331 g/mol. The van der Waals surface area contributed by atoms with Crippen molar-refractivity contribution in [1.29, 1.82) is 0 Å². The smallest absolute Gasteiger partial charge is 0.253 e. The number of nitrogens with zero attached hydrogens (tertiary/aromatic N) is 3. The van der Waals surface area contributed by atoms with Gasteiger partial charge in [-0.25, -0.2) is 0 Å². The molecule has 130 valence electrons. The van der Waals surface area contributed by atoms with Crippen LogP contribution in [0.5, 0.6) is 0 Å². The molecule has 0 bridgehead atoms. The van der Waals surface area contributed by atoms with E-state index in [4.69, 9.17) is 4.74 Å². The van der Waals surface area contributed by atoms with Crippen LogP contribution >= 0.6 is 0 Å². The Morgan fingerprint density at radius 1 is 1.21 bits per heavy atom. The van der Waals surface area contributed by atoms with Crippen LogP contribution in [0.15, 0.2) is 24.5 Å². The molecular formula is C18H25N3O3. The van der Waals surface area contributed by atoms with Gasteiger partial charge in [-0.15, -0.1) is 0 Å². The van der Waals surface area contributed by atoms with E-state index in [2.05, 4.69) is 4.98 Å². The zero-order chi connectivity index (χ0) is 17.0. The maximum absolute atomic E-state index is 12.8. The summed E-state index contributed by atoms with van der Waals surface area (Å²) in [6, 6.07) is 3.49. The van der Waals surface area contributed by atoms with Gasteiger partial charge in [-0.05, 0) is 37.8 Å². The molecule has 3 rings (SSSR count). The predicted octanol–water partition coefficient (Wildman–Crippen LogP) is 1.57. The average molecular weight is 331 g/mol. The third kappa shape index (κ3) is 3.29. The number of methoxy groups -OCH3 is 1. The van der Waals surface area contributed by atoms with Crippen molar-refractivity contribution in [3.8, 4) is 0 Å². The second-order valence-electron chi connectivity index (χ2n) is 6.70. The summed E-state index contributed by atoms with van der Waals surface area (Å²) in [5, 5.41) is 0. The molecule has 0 radical (unpaired) electrons. The Bertz CT molecular complexity index is 592. The first-order valence-corrected chi connectivity index (χ1v) is 8.64. The Hall–Kier alpha value is -1.95. The van der Waals surface area contributed by atoms with Crippen molar-refractivity contribution in [3.05, 3.63) is 30.1 Å². The van der Waals surface area contributed by atoms with Gasteiger partial charge >= 0.3 is 0 Å². The normalized spacial score (nSPS) is 24.5. The first kappa shape index (κ1) is 16.9. The standard InChI is InChI=1S/C18H25N3O3/c1-24-14-13-21-12-7-18(17(21)23)5-2-10-20(11-6-18)16(22)15-3-8-19-9-4-15/h3-4,8-9H,2,5-7,10-14H2,1H3/t18-/m0/s1. The summed E-state index contributed by atoms with van der Waals surface area (Å²) >= 11 is 0. The van der Waals surface area contributed by atoms with Crippen molar-refractivity contribution in [1.82, 2.24) is 14.8 Å². The molecule has 24 heavy (non-hydrogen) atoms. The van der Waals surface area contributed by atoms with Gasteiger partial charge in [0, 0.05) is 51.2 Å². The van der Waals surface area contributed by atoms with Gasteiger partial charge in [0.1, 0.15) is 0 Å². The van der Waals surface area contributed by atoms with E-state index in [1.807, 2.05) is 9.80 Å². The van der Waals surface area contributed by atoms with E-state index >= 15 is 0 Å². The lowest BCUT2D eigenvalue weighted by molar-refractivity contribution is -0.137. The van der Waals surface area contributed by atoms with E-state index in [9.17, 15) is 9.59 Å². The van der Waals surface area contributed by atoms with E-state index < -0.39 is 0 Å². The number of hydrogen-bond donors (Lipinski definition) is 0. The zero-order valence-corrected chi connectivity index (χ0v) is 14.2. The largest absolute Gasteiger partial charge is 0.383 e. The molecule has 0 aromatic carbocycles. The number of carbonyl (C=O) groups is 2. The highest BCUT2D eigenvalue weighted by molar-refractivity contribution is 5.94.